The zero-order valence-corrected chi connectivity index (χ0v) is 20.5. The fourth-order valence-electron chi connectivity index (χ4n) is 2.83. The van der Waals surface area contributed by atoms with Gasteiger partial charge in [0, 0.05) is 8.95 Å². The molecule has 0 aliphatic heterocycles. The summed E-state index contributed by atoms with van der Waals surface area (Å²) in [5.41, 5.74) is 3.41. The molecular weight excluding hydrogens is 492 g/mol. The average molecular weight is 520 g/mol. The SMILES string of the molecule is CC(C)c1cc(Br)ccc1O.CC(C)c1cc(Br)ccc1OCc1ccccc1. The van der Waals surface area contributed by atoms with Crippen molar-refractivity contribution in [3.05, 3.63) is 92.4 Å². The first kappa shape index (κ1) is 23.5. The Hall–Kier alpha value is -1.78. The van der Waals surface area contributed by atoms with E-state index in [1.807, 2.05) is 42.5 Å². The van der Waals surface area contributed by atoms with Gasteiger partial charge in [0.1, 0.15) is 18.1 Å². The van der Waals surface area contributed by atoms with Crippen molar-refractivity contribution in [1.82, 2.24) is 0 Å². The van der Waals surface area contributed by atoms with Gasteiger partial charge in [-0.3, -0.25) is 0 Å². The number of benzene rings is 3. The number of hydrogen-bond acceptors (Lipinski definition) is 2. The number of aromatic hydroxyl groups is 1. The van der Waals surface area contributed by atoms with Gasteiger partial charge in [0.25, 0.3) is 0 Å². The van der Waals surface area contributed by atoms with Crippen molar-refractivity contribution in [3.63, 3.8) is 0 Å². The molecule has 0 spiro atoms. The summed E-state index contributed by atoms with van der Waals surface area (Å²) in [7, 11) is 0. The van der Waals surface area contributed by atoms with Crippen molar-refractivity contribution in [1.29, 1.82) is 0 Å². The topological polar surface area (TPSA) is 29.5 Å². The molecule has 3 aromatic rings. The van der Waals surface area contributed by atoms with E-state index in [1.54, 1.807) is 6.07 Å². The number of ether oxygens (including phenoxy) is 1. The summed E-state index contributed by atoms with van der Waals surface area (Å²) < 4.78 is 8.03. The van der Waals surface area contributed by atoms with Crippen LogP contribution in [0.3, 0.4) is 0 Å². The monoisotopic (exact) mass is 518 g/mol. The maximum absolute atomic E-state index is 9.38. The maximum Gasteiger partial charge on any atom is 0.123 e. The predicted octanol–water partition coefficient (Wildman–Crippen LogP) is 8.43. The highest BCUT2D eigenvalue weighted by molar-refractivity contribution is 9.10. The van der Waals surface area contributed by atoms with Crippen LogP contribution < -0.4 is 4.74 Å². The van der Waals surface area contributed by atoms with Gasteiger partial charge in [0.2, 0.25) is 0 Å². The van der Waals surface area contributed by atoms with Gasteiger partial charge in [-0.15, -0.1) is 0 Å². The summed E-state index contributed by atoms with van der Waals surface area (Å²) in [6.45, 7) is 9.08. The lowest BCUT2D eigenvalue weighted by Crippen LogP contribution is -1.99. The Morgan fingerprint density at radius 3 is 1.86 bits per heavy atom. The van der Waals surface area contributed by atoms with Crippen LogP contribution in [0.15, 0.2) is 75.7 Å². The van der Waals surface area contributed by atoms with E-state index in [-0.39, 0.29) is 0 Å². The molecule has 1 N–H and O–H groups in total. The molecule has 3 aromatic carbocycles. The highest BCUT2D eigenvalue weighted by atomic mass is 79.9. The quantitative estimate of drug-likeness (QED) is 0.366. The van der Waals surface area contributed by atoms with E-state index in [2.05, 4.69) is 77.8 Å². The minimum Gasteiger partial charge on any atom is -0.508 e. The first-order chi connectivity index (χ1) is 13.8. The highest BCUT2D eigenvalue weighted by Gasteiger charge is 2.08. The van der Waals surface area contributed by atoms with Crippen LogP contribution >= 0.6 is 31.9 Å². The van der Waals surface area contributed by atoms with Crippen molar-refractivity contribution in [2.24, 2.45) is 0 Å². The van der Waals surface area contributed by atoms with E-state index in [1.165, 1.54) is 11.1 Å². The minimum absolute atomic E-state index is 0.368. The average Bonchev–Trinajstić information content (AvgIpc) is 2.70. The Morgan fingerprint density at radius 2 is 1.31 bits per heavy atom. The zero-order chi connectivity index (χ0) is 21.4. The number of phenolic OH excluding ortho intramolecular Hbond substituents is 1. The summed E-state index contributed by atoms with van der Waals surface area (Å²) in [6.07, 6.45) is 0. The molecule has 0 bridgehead atoms. The van der Waals surface area contributed by atoms with Crippen LogP contribution in [-0.4, -0.2) is 5.11 Å². The molecule has 0 radical (unpaired) electrons. The van der Waals surface area contributed by atoms with E-state index < -0.39 is 0 Å². The lowest BCUT2D eigenvalue weighted by Gasteiger charge is -2.14. The summed E-state index contributed by atoms with van der Waals surface area (Å²) in [5, 5.41) is 9.38. The van der Waals surface area contributed by atoms with Crippen LogP contribution in [0.1, 0.15) is 56.2 Å². The number of phenols is 1. The van der Waals surface area contributed by atoms with Crippen LogP contribution in [0, 0.1) is 0 Å². The summed E-state index contributed by atoms with van der Waals surface area (Å²) in [4.78, 5) is 0. The van der Waals surface area contributed by atoms with Gasteiger partial charge < -0.3 is 9.84 Å². The predicted molar refractivity (Wildman–Crippen MR) is 129 cm³/mol. The lowest BCUT2D eigenvalue weighted by molar-refractivity contribution is 0.302. The summed E-state index contributed by atoms with van der Waals surface area (Å²) >= 11 is 6.86. The molecule has 2 nitrogen and oxygen atoms in total. The van der Waals surface area contributed by atoms with Crippen LogP contribution in [0.25, 0.3) is 0 Å². The Labute approximate surface area is 191 Å². The van der Waals surface area contributed by atoms with E-state index >= 15 is 0 Å². The van der Waals surface area contributed by atoms with E-state index in [0.29, 0.717) is 24.2 Å². The summed E-state index contributed by atoms with van der Waals surface area (Å²) in [5.74, 6) is 2.17. The molecule has 0 saturated carbocycles. The molecule has 0 aliphatic carbocycles. The van der Waals surface area contributed by atoms with Gasteiger partial charge in [-0.25, -0.2) is 0 Å². The first-order valence-electron chi connectivity index (χ1n) is 9.72. The fourth-order valence-corrected chi connectivity index (χ4v) is 3.58. The highest BCUT2D eigenvalue weighted by Crippen LogP contribution is 2.30. The molecule has 3 rings (SSSR count). The normalized spacial score (nSPS) is 10.6. The molecule has 0 atom stereocenters. The van der Waals surface area contributed by atoms with Crippen LogP contribution in [0.2, 0.25) is 0 Å². The van der Waals surface area contributed by atoms with Gasteiger partial charge in [0.05, 0.1) is 0 Å². The third-order valence-electron chi connectivity index (χ3n) is 4.44. The second-order valence-corrected chi connectivity index (χ2v) is 9.30. The zero-order valence-electron chi connectivity index (χ0n) is 17.3. The van der Waals surface area contributed by atoms with Gasteiger partial charge >= 0.3 is 0 Å². The molecule has 4 heteroatoms. The molecule has 0 saturated heterocycles. The standard InChI is InChI=1S/C16H17BrO.C9H11BrO/c1-12(2)15-10-14(17)8-9-16(15)18-11-13-6-4-3-5-7-13;1-6(2)8-5-7(10)3-4-9(8)11/h3-10,12H,11H2,1-2H3;3-6,11H,1-2H3. The molecule has 0 aromatic heterocycles. The van der Waals surface area contributed by atoms with Crippen molar-refractivity contribution in [2.45, 2.75) is 46.1 Å². The second-order valence-electron chi connectivity index (χ2n) is 7.47. The van der Waals surface area contributed by atoms with E-state index in [9.17, 15) is 5.11 Å². The molecule has 29 heavy (non-hydrogen) atoms. The number of halogens is 2. The van der Waals surface area contributed by atoms with Crippen LogP contribution in [-0.2, 0) is 6.61 Å². The Morgan fingerprint density at radius 1 is 0.759 bits per heavy atom. The molecule has 0 aliphatic rings. The van der Waals surface area contributed by atoms with Gasteiger partial charge in [-0.2, -0.15) is 0 Å². The number of rotatable bonds is 5. The molecule has 0 unspecified atom stereocenters. The van der Waals surface area contributed by atoms with Crippen molar-refractivity contribution < 1.29 is 9.84 Å². The molecular formula is C25H28Br2O2. The van der Waals surface area contributed by atoms with Crippen molar-refractivity contribution in [3.8, 4) is 11.5 Å². The fraction of sp³-hybridized carbons (Fsp3) is 0.280. The molecule has 0 amide bonds. The van der Waals surface area contributed by atoms with Crippen molar-refractivity contribution >= 4 is 31.9 Å². The molecule has 0 heterocycles. The van der Waals surface area contributed by atoms with Crippen LogP contribution in [0.5, 0.6) is 11.5 Å². The Balaban J connectivity index is 0.000000234. The largest absolute Gasteiger partial charge is 0.508 e. The smallest absolute Gasteiger partial charge is 0.123 e. The molecule has 154 valence electrons. The minimum atomic E-state index is 0.368. The molecule has 0 fully saturated rings. The Kier molecular flexibility index (Phi) is 9.25. The number of hydrogen-bond donors (Lipinski definition) is 1. The third kappa shape index (κ3) is 7.52. The summed E-state index contributed by atoms with van der Waals surface area (Å²) in [6, 6.07) is 21.9. The third-order valence-corrected chi connectivity index (χ3v) is 5.43. The van der Waals surface area contributed by atoms with E-state index in [0.717, 1.165) is 20.3 Å². The van der Waals surface area contributed by atoms with Gasteiger partial charge in [0.15, 0.2) is 0 Å². The van der Waals surface area contributed by atoms with E-state index in [4.69, 9.17) is 4.74 Å². The van der Waals surface area contributed by atoms with Crippen LogP contribution in [0.4, 0.5) is 0 Å². The van der Waals surface area contributed by atoms with Gasteiger partial charge in [-0.1, -0.05) is 89.9 Å². The van der Waals surface area contributed by atoms with Crippen molar-refractivity contribution in [2.75, 3.05) is 0 Å². The maximum atomic E-state index is 9.38. The van der Waals surface area contributed by atoms with Gasteiger partial charge in [-0.05, 0) is 64.9 Å². The second kappa shape index (κ2) is 11.4. The Bertz CT molecular complexity index is 906. The first-order valence-corrected chi connectivity index (χ1v) is 11.3. The lowest BCUT2D eigenvalue weighted by atomic mass is 10.0.